The predicted octanol–water partition coefficient (Wildman–Crippen LogP) is 3.21. The molecular weight excluding hydrogens is 254 g/mol. The maximum atomic E-state index is 6.13. The van der Waals surface area contributed by atoms with Gasteiger partial charge in [-0.15, -0.1) is 22.9 Å². The van der Waals surface area contributed by atoms with Crippen LogP contribution in [0.4, 0.5) is 5.82 Å². The first kappa shape index (κ1) is 11.2. The third kappa shape index (κ3) is 2.00. The summed E-state index contributed by atoms with van der Waals surface area (Å²) >= 11 is 7.87. The summed E-state index contributed by atoms with van der Waals surface area (Å²) in [6, 6.07) is 0. The molecule has 1 fully saturated rings. The van der Waals surface area contributed by atoms with Crippen LogP contribution in [0.2, 0.25) is 0 Å². The van der Waals surface area contributed by atoms with Crippen LogP contribution in [0.15, 0.2) is 11.7 Å². The van der Waals surface area contributed by atoms with E-state index in [0.29, 0.717) is 5.38 Å². The van der Waals surface area contributed by atoms with E-state index in [1.54, 1.807) is 17.7 Å². The molecule has 3 heterocycles. The van der Waals surface area contributed by atoms with Gasteiger partial charge in [-0.1, -0.05) is 0 Å². The van der Waals surface area contributed by atoms with Gasteiger partial charge in [-0.25, -0.2) is 9.97 Å². The molecule has 1 saturated heterocycles. The Morgan fingerprint density at radius 2 is 2.12 bits per heavy atom. The van der Waals surface area contributed by atoms with Crippen molar-refractivity contribution in [3.05, 3.63) is 17.3 Å². The first-order valence-electron chi connectivity index (χ1n) is 5.83. The lowest BCUT2D eigenvalue weighted by Crippen LogP contribution is -2.34. The molecule has 0 bridgehead atoms. The molecule has 90 valence electrons. The Labute approximate surface area is 109 Å². The van der Waals surface area contributed by atoms with Crippen molar-refractivity contribution in [1.82, 2.24) is 9.97 Å². The standard InChI is InChI=1S/C12H14ClN3S/c1-8-6-17-11-10(8)14-7-15-12(11)16-4-2-9(13)3-5-16/h6-7,9H,2-5H2,1H3. The summed E-state index contributed by atoms with van der Waals surface area (Å²) in [7, 11) is 0. The summed E-state index contributed by atoms with van der Waals surface area (Å²) in [4.78, 5) is 11.1. The van der Waals surface area contributed by atoms with Gasteiger partial charge in [-0.2, -0.15) is 0 Å². The van der Waals surface area contributed by atoms with Gasteiger partial charge in [-0.05, 0) is 30.7 Å². The molecule has 2 aromatic rings. The molecule has 0 spiro atoms. The Hall–Kier alpha value is -0.870. The Bertz CT molecular complexity index is 532. The van der Waals surface area contributed by atoms with Crippen LogP contribution in [0, 0.1) is 6.92 Å². The molecule has 0 N–H and O–H groups in total. The molecule has 1 aliphatic rings. The van der Waals surface area contributed by atoms with Crippen molar-refractivity contribution in [3.8, 4) is 0 Å². The van der Waals surface area contributed by atoms with Crippen LogP contribution >= 0.6 is 22.9 Å². The number of anilines is 1. The SMILES string of the molecule is Cc1csc2c(N3CCC(Cl)CC3)ncnc12. The minimum atomic E-state index is 0.327. The number of rotatable bonds is 1. The van der Waals surface area contributed by atoms with Crippen molar-refractivity contribution in [2.24, 2.45) is 0 Å². The van der Waals surface area contributed by atoms with Gasteiger partial charge in [0.15, 0.2) is 0 Å². The second-order valence-corrected chi connectivity index (χ2v) is 5.95. The zero-order valence-electron chi connectivity index (χ0n) is 9.69. The number of nitrogens with zero attached hydrogens (tertiary/aromatic N) is 3. The molecule has 0 aliphatic carbocycles. The van der Waals surface area contributed by atoms with Crippen LogP contribution in [-0.4, -0.2) is 28.4 Å². The average molecular weight is 268 g/mol. The molecule has 17 heavy (non-hydrogen) atoms. The summed E-state index contributed by atoms with van der Waals surface area (Å²) in [5, 5.41) is 2.48. The molecule has 0 unspecified atom stereocenters. The molecule has 2 aromatic heterocycles. The maximum absolute atomic E-state index is 6.13. The first-order chi connectivity index (χ1) is 8.25. The Balaban J connectivity index is 2.00. The van der Waals surface area contributed by atoms with Crippen molar-refractivity contribution in [3.63, 3.8) is 0 Å². The van der Waals surface area contributed by atoms with Gasteiger partial charge in [0.2, 0.25) is 0 Å². The van der Waals surface area contributed by atoms with E-state index >= 15 is 0 Å². The second kappa shape index (κ2) is 4.42. The highest BCUT2D eigenvalue weighted by Gasteiger charge is 2.20. The van der Waals surface area contributed by atoms with Crippen LogP contribution in [0.1, 0.15) is 18.4 Å². The molecular formula is C12H14ClN3S. The summed E-state index contributed by atoms with van der Waals surface area (Å²) < 4.78 is 1.21. The molecule has 0 radical (unpaired) electrons. The number of fused-ring (bicyclic) bond motifs is 1. The Morgan fingerprint density at radius 1 is 1.35 bits per heavy atom. The van der Waals surface area contributed by atoms with Gasteiger partial charge in [0.1, 0.15) is 12.1 Å². The van der Waals surface area contributed by atoms with Gasteiger partial charge >= 0.3 is 0 Å². The van der Waals surface area contributed by atoms with Crippen molar-refractivity contribution in [2.75, 3.05) is 18.0 Å². The van der Waals surface area contributed by atoms with Crippen molar-refractivity contribution < 1.29 is 0 Å². The van der Waals surface area contributed by atoms with Crippen molar-refractivity contribution in [2.45, 2.75) is 25.1 Å². The van der Waals surface area contributed by atoms with E-state index < -0.39 is 0 Å². The van der Waals surface area contributed by atoms with Gasteiger partial charge in [0.05, 0.1) is 10.2 Å². The third-order valence-corrected chi connectivity index (χ3v) is 4.76. The van der Waals surface area contributed by atoms with E-state index in [-0.39, 0.29) is 0 Å². The molecule has 3 rings (SSSR count). The number of halogens is 1. The number of aryl methyl sites for hydroxylation is 1. The number of alkyl halides is 1. The molecule has 3 nitrogen and oxygen atoms in total. The fourth-order valence-electron chi connectivity index (χ4n) is 2.24. The van der Waals surface area contributed by atoms with Crippen molar-refractivity contribution in [1.29, 1.82) is 0 Å². The van der Waals surface area contributed by atoms with Crippen LogP contribution in [-0.2, 0) is 0 Å². The second-order valence-electron chi connectivity index (χ2n) is 4.46. The molecule has 0 atom stereocenters. The summed E-state index contributed by atoms with van der Waals surface area (Å²) in [6.07, 6.45) is 3.75. The molecule has 0 amide bonds. The van der Waals surface area contributed by atoms with Crippen LogP contribution in [0.5, 0.6) is 0 Å². The highest BCUT2D eigenvalue weighted by molar-refractivity contribution is 7.18. The number of piperidine rings is 1. The van der Waals surface area contributed by atoms with Crippen LogP contribution in [0.25, 0.3) is 10.2 Å². The van der Waals surface area contributed by atoms with Gasteiger partial charge in [-0.3, -0.25) is 0 Å². The number of thiophene rings is 1. The van der Waals surface area contributed by atoms with E-state index in [9.17, 15) is 0 Å². The Kier molecular flexibility index (Phi) is 2.92. The Morgan fingerprint density at radius 3 is 2.88 bits per heavy atom. The zero-order valence-corrected chi connectivity index (χ0v) is 11.3. The fraction of sp³-hybridized carbons (Fsp3) is 0.500. The normalized spacial score (nSPS) is 17.9. The van der Waals surface area contributed by atoms with Crippen LogP contribution in [0.3, 0.4) is 0 Å². The quantitative estimate of drug-likeness (QED) is 0.743. The third-order valence-electron chi connectivity index (χ3n) is 3.24. The topological polar surface area (TPSA) is 29.0 Å². The maximum Gasteiger partial charge on any atom is 0.150 e. The van der Waals surface area contributed by atoms with E-state index in [2.05, 4.69) is 27.2 Å². The van der Waals surface area contributed by atoms with E-state index in [4.69, 9.17) is 11.6 Å². The highest BCUT2D eigenvalue weighted by atomic mass is 35.5. The summed E-state index contributed by atoms with van der Waals surface area (Å²) in [5.41, 5.74) is 2.33. The van der Waals surface area contributed by atoms with E-state index in [0.717, 1.165) is 37.3 Å². The predicted molar refractivity (Wildman–Crippen MR) is 73.2 cm³/mol. The number of hydrogen-bond donors (Lipinski definition) is 0. The number of hydrogen-bond acceptors (Lipinski definition) is 4. The highest BCUT2D eigenvalue weighted by Crippen LogP contribution is 2.32. The summed E-state index contributed by atoms with van der Waals surface area (Å²) in [6.45, 7) is 4.09. The van der Waals surface area contributed by atoms with Gasteiger partial charge < -0.3 is 4.90 Å². The zero-order chi connectivity index (χ0) is 11.8. The van der Waals surface area contributed by atoms with Crippen molar-refractivity contribution >= 4 is 39.0 Å². The van der Waals surface area contributed by atoms with Crippen LogP contribution < -0.4 is 4.90 Å². The van der Waals surface area contributed by atoms with Gasteiger partial charge in [0, 0.05) is 18.5 Å². The molecule has 0 saturated carbocycles. The lowest BCUT2D eigenvalue weighted by molar-refractivity contribution is 0.582. The largest absolute Gasteiger partial charge is 0.355 e. The molecule has 1 aliphatic heterocycles. The van der Waals surface area contributed by atoms with Gasteiger partial charge in [0.25, 0.3) is 0 Å². The average Bonchev–Trinajstić information content (AvgIpc) is 2.73. The molecule has 5 heteroatoms. The number of aromatic nitrogens is 2. The molecule has 0 aromatic carbocycles. The smallest absolute Gasteiger partial charge is 0.150 e. The van der Waals surface area contributed by atoms with E-state index in [1.807, 2.05) is 0 Å². The lowest BCUT2D eigenvalue weighted by atomic mass is 10.1. The van der Waals surface area contributed by atoms with E-state index in [1.165, 1.54) is 10.3 Å². The minimum absolute atomic E-state index is 0.327. The summed E-state index contributed by atoms with van der Waals surface area (Å²) in [5.74, 6) is 1.08. The lowest BCUT2D eigenvalue weighted by Gasteiger charge is -2.30. The monoisotopic (exact) mass is 267 g/mol. The minimum Gasteiger partial charge on any atom is -0.355 e. The fourth-order valence-corrected chi connectivity index (χ4v) is 3.46. The first-order valence-corrected chi connectivity index (χ1v) is 7.15.